The van der Waals surface area contributed by atoms with Crippen molar-refractivity contribution in [1.82, 2.24) is 15.6 Å². The van der Waals surface area contributed by atoms with Gasteiger partial charge in [-0.15, -0.1) is 35.3 Å². The molecular formula is C17H31IN4OS. The lowest BCUT2D eigenvalue weighted by Gasteiger charge is -2.10. The Labute approximate surface area is 167 Å². The number of aryl methyl sites for hydroxylation is 3. The summed E-state index contributed by atoms with van der Waals surface area (Å²) in [5, 5.41) is 7.92. The van der Waals surface area contributed by atoms with Gasteiger partial charge in [-0.3, -0.25) is 4.99 Å². The van der Waals surface area contributed by atoms with Crippen molar-refractivity contribution < 1.29 is 4.74 Å². The Morgan fingerprint density at radius 2 is 2.08 bits per heavy atom. The molecule has 7 heteroatoms. The van der Waals surface area contributed by atoms with Crippen LogP contribution in [0.15, 0.2) is 4.99 Å². The van der Waals surface area contributed by atoms with Crippen LogP contribution in [0.2, 0.25) is 0 Å². The number of hydrogen-bond acceptors (Lipinski definition) is 4. The number of methoxy groups -OCH3 is 1. The van der Waals surface area contributed by atoms with Crippen molar-refractivity contribution in [3.8, 4) is 0 Å². The number of halogens is 1. The summed E-state index contributed by atoms with van der Waals surface area (Å²) < 4.78 is 5.06. The second-order valence-electron chi connectivity index (χ2n) is 5.82. The van der Waals surface area contributed by atoms with Crippen LogP contribution in [0.1, 0.15) is 48.2 Å². The molecule has 0 bridgehead atoms. The highest BCUT2D eigenvalue weighted by Crippen LogP contribution is 2.27. The first-order valence-corrected chi connectivity index (χ1v) is 9.63. The summed E-state index contributed by atoms with van der Waals surface area (Å²) in [6.07, 6.45) is 8.15. The van der Waals surface area contributed by atoms with Crippen LogP contribution in [0.25, 0.3) is 0 Å². The number of ether oxygens (including phenoxy) is 1. The lowest BCUT2D eigenvalue weighted by Crippen LogP contribution is -2.38. The van der Waals surface area contributed by atoms with E-state index in [4.69, 9.17) is 9.72 Å². The van der Waals surface area contributed by atoms with Crippen LogP contribution >= 0.6 is 35.3 Å². The molecule has 0 saturated carbocycles. The third-order valence-corrected chi connectivity index (χ3v) is 5.09. The van der Waals surface area contributed by atoms with Crippen molar-refractivity contribution in [2.24, 2.45) is 4.99 Å². The van der Waals surface area contributed by atoms with Crippen molar-refractivity contribution in [1.29, 1.82) is 0 Å². The number of thiazole rings is 1. The van der Waals surface area contributed by atoms with Gasteiger partial charge in [0.2, 0.25) is 0 Å². The maximum Gasteiger partial charge on any atom is 0.191 e. The first-order valence-electron chi connectivity index (χ1n) is 8.82. The molecule has 1 aliphatic carbocycles. The van der Waals surface area contributed by atoms with Gasteiger partial charge in [0, 0.05) is 44.6 Å². The highest BCUT2D eigenvalue weighted by Gasteiger charge is 2.14. The number of aromatic nitrogens is 1. The number of hydrogen-bond donors (Lipinski definition) is 2. The molecule has 0 amide bonds. The second kappa shape index (κ2) is 12.9. The first-order chi connectivity index (χ1) is 11.3. The van der Waals surface area contributed by atoms with Gasteiger partial charge < -0.3 is 15.4 Å². The molecule has 1 aromatic heterocycles. The molecule has 0 aromatic carbocycles. The summed E-state index contributed by atoms with van der Waals surface area (Å²) in [7, 11) is 1.73. The van der Waals surface area contributed by atoms with Gasteiger partial charge in [-0.25, -0.2) is 4.98 Å². The van der Waals surface area contributed by atoms with Gasteiger partial charge >= 0.3 is 0 Å². The van der Waals surface area contributed by atoms with Crippen LogP contribution in [0.5, 0.6) is 0 Å². The lowest BCUT2D eigenvalue weighted by atomic mass is 10.0. The first kappa shape index (κ1) is 21.6. The van der Waals surface area contributed by atoms with Crippen LogP contribution in [0.3, 0.4) is 0 Å². The molecule has 0 aliphatic heterocycles. The Hall–Kier alpha value is -0.410. The quantitative estimate of drug-likeness (QED) is 0.254. The molecule has 0 radical (unpaired) electrons. The van der Waals surface area contributed by atoms with E-state index in [0.717, 1.165) is 51.5 Å². The van der Waals surface area contributed by atoms with E-state index in [1.807, 2.05) is 11.3 Å². The Bertz CT molecular complexity index is 469. The lowest BCUT2D eigenvalue weighted by molar-refractivity contribution is 0.195. The van der Waals surface area contributed by atoms with E-state index in [-0.39, 0.29) is 24.0 Å². The molecule has 24 heavy (non-hydrogen) atoms. The average Bonchev–Trinajstić information content (AvgIpc) is 2.98. The zero-order chi connectivity index (χ0) is 16.3. The largest absolute Gasteiger partial charge is 0.385 e. The minimum atomic E-state index is 0. The number of nitrogens with zero attached hydrogens (tertiary/aromatic N) is 2. The van der Waals surface area contributed by atoms with Gasteiger partial charge in [-0.2, -0.15) is 0 Å². The van der Waals surface area contributed by atoms with Gasteiger partial charge in [0.1, 0.15) is 0 Å². The molecule has 0 atom stereocenters. The van der Waals surface area contributed by atoms with E-state index in [1.165, 1.54) is 41.3 Å². The van der Waals surface area contributed by atoms with Crippen molar-refractivity contribution in [2.75, 3.05) is 33.4 Å². The molecular weight excluding hydrogens is 435 g/mol. The van der Waals surface area contributed by atoms with Gasteiger partial charge in [0.05, 0.1) is 10.7 Å². The van der Waals surface area contributed by atoms with E-state index >= 15 is 0 Å². The van der Waals surface area contributed by atoms with E-state index in [9.17, 15) is 0 Å². The summed E-state index contributed by atoms with van der Waals surface area (Å²) >= 11 is 1.92. The normalized spacial score (nSPS) is 14.0. The maximum atomic E-state index is 5.06. The summed E-state index contributed by atoms with van der Waals surface area (Å²) in [6.45, 7) is 5.48. The SMILES string of the molecule is CCNC(=NCCCc1nc2c(s1)CCCC2)NCCCOC.I. The van der Waals surface area contributed by atoms with Gasteiger partial charge in [-0.1, -0.05) is 0 Å². The van der Waals surface area contributed by atoms with Crippen LogP contribution in [0.4, 0.5) is 0 Å². The van der Waals surface area contributed by atoms with E-state index < -0.39 is 0 Å². The van der Waals surface area contributed by atoms with Crippen molar-refractivity contribution in [3.05, 3.63) is 15.6 Å². The highest BCUT2D eigenvalue weighted by molar-refractivity contribution is 14.0. The van der Waals surface area contributed by atoms with Crippen molar-refractivity contribution >= 4 is 41.3 Å². The molecule has 5 nitrogen and oxygen atoms in total. The van der Waals surface area contributed by atoms with Gasteiger partial charge in [0.15, 0.2) is 5.96 Å². The molecule has 138 valence electrons. The number of rotatable bonds is 9. The van der Waals surface area contributed by atoms with Crippen molar-refractivity contribution in [3.63, 3.8) is 0 Å². The summed E-state index contributed by atoms with van der Waals surface area (Å²) in [4.78, 5) is 11.0. The summed E-state index contributed by atoms with van der Waals surface area (Å²) in [5.41, 5.74) is 1.37. The monoisotopic (exact) mass is 466 g/mol. The fraction of sp³-hybridized carbons (Fsp3) is 0.765. The van der Waals surface area contributed by atoms with Crippen LogP contribution in [-0.4, -0.2) is 44.3 Å². The smallest absolute Gasteiger partial charge is 0.191 e. The zero-order valence-electron chi connectivity index (χ0n) is 14.9. The third-order valence-electron chi connectivity index (χ3n) is 3.87. The van der Waals surface area contributed by atoms with Gasteiger partial charge in [0.25, 0.3) is 0 Å². The van der Waals surface area contributed by atoms with Crippen LogP contribution in [-0.2, 0) is 24.0 Å². The Kier molecular flexibility index (Phi) is 11.6. The Morgan fingerprint density at radius 1 is 1.25 bits per heavy atom. The van der Waals surface area contributed by atoms with E-state index in [1.54, 1.807) is 7.11 Å². The number of guanidine groups is 1. The second-order valence-corrected chi connectivity index (χ2v) is 6.99. The molecule has 1 heterocycles. The Morgan fingerprint density at radius 3 is 2.83 bits per heavy atom. The fourth-order valence-electron chi connectivity index (χ4n) is 2.70. The van der Waals surface area contributed by atoms with Crippen LogP contribution in [0, 0.1) is 0 Å². The average molecular weight is 466 g/mol. The Balaban J connectivity index is 0.00000288. The predicted octanol–water partition coefficient (Wildman–Crippen LogP) is 3.16. The molecule has 2 rings (SSSR count). The molecule has 1 aromatic rings. The molecule has 0 fully saturated rings. The predicted molar refractivity (Wildman–Crippen MR) is 113 cm³/mol. The standard InChI is InChI=1S/C17H30N4OS.HI/c1-3-18-17(20-12-7-13-22-2)19-11-6-10-16-21-14-8-4-5-9-15(14)23-16;/h3-13H2,1-2H3,(H2,18,19,20);1H. The molecule has 1 aliphatic rings. The highest BCUT2D eigenvalue weighted by atomic mass is 127. The summed E-state index contributed by atoms with van der Waals surface area (Å²) in [5.74, 6) is 0.905. The van der Waals surface area contributed by atoms with Crippen LogP contribution < -0.4 is 10.6 Å². The zero-order valence-corrected chi connectivity index (χ0v) is 18.0. The molecule has 0 saturated heterocycles. The number of fused-ring (bicyclic) bond motifs is 1. The van der Waals surface area contributed by atoms with E-state index in [0.29, 0.717) is 0 Å². The fourth-order valence-corrected chi connectivity index (χ4v) is 3.90. The summed E-state index contributed by atoms with van der Waals surface area (Å²) in [6, 6.07) is 0. The molecule has 0 spiro atoms. The minimum absolute atomic E-state index is 0. The molecule has 0 unspecified atom stereocenters. The van der Waals surface area contributed by atoms with E-state index in [2.05, 4.69) is 22.5 Å². The number of aliphatic imine (C=N–C) groups is 1. The van der Waals surface area contributed by atoms with Crippen molar-refractivity contribution in [2.45, 2.75) is 51.9 Å². The molecule has 2 N–H and O–H groups in total. The minimum Gasteiger partial charge on any atom is -0.385 e. The number of nitrogens with one attached hydrogen (secondary N) is 2. The maximum absolute atomic E-state index is 5.06. The topological polar surface area (TPSA) is 58.5 Å². The van der Waals surface area contributed by atoms with Gasteiger partial charge in [-0.05, 0) is 45.4 Å². The third kappa shape index (κ3) is 7.65.